The van der Waals surface area contributed by atoms with E-state index in [1.54, 1.807) is 13.0 Å². The highest BCUT2D eigenvalue weighted by molar-refractivity contribution is 7.98. The van der Waals surface area contributed by atoms with Gasteiger partial charge < -0.3 is 5.32 Å². The maximum Gasteiger partial charge on any atom is 0.329 e. The smallest absolute Gasteiger partial charge is 0.306 e. The average molecular weight is 198 g/mol. The van der Waals surface area contributed by atoms with E-state index in [-0.39, 0.29) is 11.8 Å². The van der Waals surface area contributed by atoms with Gasteiger partial charge in [0, 0.05) is 0 Å². The first-order valence-corrected chi connectivity index (χ1v) is 4.52. The van der Waals surface area contributed by atoms with Crippen molar-refractivity contribution in [2.45, 2.75) is 11.8 Å². The molecule has 1 aliphatic heterocycles. The Balaban J connectivity index is 2.49. The number of carbonyl (C=O) groups excluding carboxylic acids is 1. The second kappa shape index (κ2) is 2.92. The van der Waals surface area contributed by atoms with Gasteiger partial charge in [0.25, 0.3) is 0 Å². The van der Waals surface area contributed by atoms with Gasteiger partial charge in [-0.15, -0.1) is 0 Å². The summed E-state index contributed by atoms with van der Waals surface area (Å²) in [5.74, 6) is -0.260. The zero-order valence-electron chi connectivity index (χ0n) is 6.85. The molecule has 13 heavy (non-hydrogen) atoms. The Morgan fingerprint density at radius 3 is 3.00 bits per heavy atom. The fourth-order valence-electron chi connectivity index (χ4n) is 1.09. The molecule has 68 valence electrons. The summed E-state index contributed by atoms with van der Waals surface area (Å²) < 4.78 is 15.5. The first kappa shape index (κ1) is 8.37. The lowest BCUT2D eigenvalue weighted by Crippen LogP contribution is -2.27. The number of carbonyl (C=O) groups is 1. The van der Waals surface area contributed by atoms with E-state index in [2.05, 4.69) is 10.0 Å². The standard InChI is InChI=1S/C8H7FN2OS/c1-4-2-6-7(3-5(4)9)13-11-8(12)10-6/h2-3H,1H3,(H2,10,11,12). The second-order valence-electron chi connectivity index (χ2n) is 2.76. The molecule has 2 rings (SSSR count). The molecule has 0 radical (unpaired) electrons. The van der Waals surface area contributed by atoms with Gasteiger partial charge in [-0.2, -0.15) is 0 Å². The van der Waals surface area contributed by atoms with Crippen LogP contribution < -0.4 is 10.0 Å². The minimum atomic E-state index is -0.275. The van der Waals surface area contributed by atoms with Gasteiger partial charge >= 0.3 is 6.03 Å². The molecule has 0 atom stereocenters. The van der Waals surface area contributed by atoms with Crippen molar-refractivity contribution < 1.29 is 9.18 Å². The van der Waals surface area contributed by atoms with Crippen LogP contribution in [0.15, 0.2) is 17.0 Å². The number of rotatable bonds is 0. The van der Waals surface area contributed by atoms with E-state index in [0.29, 0.717) is 16.1 Å². The highest BCUT2D eigenvalue weighted by atomic mass is 32.2. The molecular formula is C8H7FN2OS. The Morgan fingerprint density at radius 1 is 1.46 bits per heavy atom. The third kappa shape index (κ3) is 1.47. The van der Waals surface area contributed by atoms with Crippen LogP contribution in [0, 0.1) is 12.7 Å². The predicted molar refractivity (Wildman–Crippen MR) is 49.1 cm³/mol. The molecule has 3 nitrogen and oxygen atoms in total. The van der Waals surface area contributed by atoms with Crippen molar-refractivity contribution >= 4 is 23.7 Å². The Kier molecular flexibility index (Phi) is 1.88. The minimum absolute atomic E-state index is 0.260. The molecule has 0 unspecified atom stereocenters. The minimum Gasteiger partial charge on any atom is -0.306 e. The van der Waals surface area contributed by atoms with Crippen molar-refractivity contribution in [1.82, 2.24) is 4.72 Å². The van der Waals surface area contributed by atoms with Gasteiger partial charge in [-0.1, -0.05) is 0 Å². The van der Waals surface area contributed by atoms with Crippen LogP contribution in [-0.2, 0) is 0 Å². The monoisotopic (exact) mass is 198 g/mol. The first-order chi connectivity index (χ1) is 6.16. The molecule has 0 aliphatic carbocycles. The fourth-order valence-corrected chi connectivity index (χ4v) is 1.73. The molecule has 0 saturated carbocycles. The van der Waals surface area contributed by atoms with Gasteiger partial charge in [-0.25, -0.2) is 9.18 Å². The quantitative estimate of drug-likeness (QED) is 0.628. The lowest BCUT2D eigenvalue weighted by molar-refractivity contribution is 0.257. The number of halogens is 1. The van der Waals surface area contributed by atoms with E-state index in [4.69, 9.17) is 0 Å². The Hall–Kier alpha value is -1.23. The van der Waals surface area contributed by atoms with E-state index >= 15 is 0 Å². The van der Waals surface area contributed by atoms with Crippen LogP contribution in [0.4, 0.5) is 14.9 Å². The lowest BCUT2D eigenvalue weighted by Gasteiger charge is -2.17. The van der Waals surface area contributed by atoms with E-state index < -0.39 is 0 Å². The third-order valence-corrected chi connectivity index (χ3v) is 2.61. The summed E-state index contributed by atoms with van der Waals surface area (Å²) in [5.41, 5.74) is 1.19. The van der Waals surface area contributed by atoms with Crippen molar-refractivity contribution in [2.24, 2.45) is 0 Å². The summed E-state index contributed by atoms with van der Waals surface area (Å²) >= 11 is 1.12. The van der Waals surface area contributed by atoms with Crippen LogP contribution >= 0.6 is 11.9 Å². The lowest BCUT2D eigenvalue weighted by atomic mass is 10.2. The highest BCUT2D eigenvalue weighted by Gasteiger charge is 2.16. The molecule has 5 heteroatoms. The number of fused-ring (bicyclic) bond motifs is 1. The summed E-state index contributed by atoms with van der Waals surface area (Å²) in [5, 5.41) is 2.59. The summed E-state index contributed by atoms with van der Waals surface area (Å²) in [6, 6.07) is 2.75. The molecule has 2 amide bonds. The van der Waals surface area contributed by atoms with Crippen LogP contribution in [0.5, 0.6) is 0 Å². The number of hydrogen-bond donors (Lipinski definition) is 2. The number of amides is 2. The second-order valence-corrected chi connectivity index (χ2v) is 3.60. The zero-order valence-corrected chi connectivity index (χ0v) is 7.67. The Bertz CT molecular complexity index is 381. The molecule has 1 aliphatic rings. The highest BCUT2D eigenvalue weighted by Crippen LogP contribution is 2.30. The maximum atomic E-state index is 13.0. The molecule has 0 spiro atoms. The van der Waals surface area contributed by atoms with Gasteiger partial charge in [0.2, 0.25) is 0 Å². The normalized spacial score (nSPS) is 14.5. The molecule has 1 heterocycles. The van der Waals surface area contributed by atoms with Crippen LogP contribution in [0.25, 0.3) is 0 Å². The first-order valence-electron chi connectivity index (χ1n) is 3.71. The largest absolute Gasteiger partial charge is 0.329 e. The summed E-state index contributed by atoms with van der Waals surface area (Å²) in [7, 11) is 0. The number of nitrogens with one attached hydrogen (secondary N) is 2. The van der Waals surface area contributed by atoms with Gasteiger partial charge in [-0.3, -0.25) is 4.72 Å². The summed E-state index contributed by atoms with van der Waals surface area (Å²) in [4.78, 5) is 11.6. The summed E-state index contributed by atoms with van der Waals surface area (Å²) in [6.45, 7) is 1.66. The van der Waals surface area contributed by atoms with Gasteiger partial charge in [0.15, 0.2) is 0 Å². The molecular weight excluding hydrogens is 191 g/mol. The van der Waals surface area contributed by atoms with Gasteiger partial charge in [0.1, 0.15) is 5.82 Å². The Morgan fingerprint density at radius 2 is 2.23 bits per heavy atom. The molecule has 0 fully saturated rings. The number of urea groups is 1. The SMILES string of the molecule is Cc1cc2c(cc1F)SNC(=O)N2. The molecule has 2 N–H and O–H groups in total. The van der Waals surface area contributed by atoms with Crippen molar-refractivity contribution in [3.05, 3.63) is 23.5 Å². The predicted octanol–water partition coefficient (Wildman–Crippen LogP) is 2.28. The molecule has 1 aromatic rings. The molecule has 1 aromatic carbocycles. The van der Waals surface area contributed by atoms with Crippen molar-refractivity contribution in [3.63, 3.8) is 0 Å². The maximum absolute atomic E-state index is 13.0. The van der Waals surface area contributed by atoms with Crippen LogP contribution in [0.1, 0.15) is 5.56 Å². The van der Waals surface area contributed by atoms with E-state index in [9.17, 15) is 9.18 Å². The average Bonchev–Trinajstić information content (AvgIpc) is 2.08. The van der Waals surface area contributed by atoms with Crippen LogP contribution in [0.3, 0.4) is 0 Å². The number of aryl methyl sites for hydroxylation is 1. The number of benzene rings is 1. The van der Waals surface area contributed by atoms with E-state index in [1.807, 2.05) is 0 Å². The van der Waals surface area contributed by atoms with E-state index in [0.717, 1.165) is 11.9 Å². The Labute approximate surface area is 78.8 Å². The summed E-state index contributed by atoms with van der Waals surface area (Å²) in [6.07, 6.45) is 0. The fraction of sp³-hybridized carbons (Fsp3) is 0.125. The van der Waals surface area contributed by atoms with Crippen molar-refractivity contribution in [2.75, 3.05) is 5.32 Å². The topological polar surface area (TPSA) is 41.1 Å². The van der Waals surface area contributed by atoms with Crippen molar-refractivity contribution in [1.29, 1.82) is 0 Å². The molecule has 0 aromatic heterocycles. The van der Waals surface area contributed by atoms with Gasteiger partial charge in [0.05, 0.1) is 10.6 Å². The molecule has 0 bridgehead atoms. The number of hydrogen-bond acceptors (Lipinski definition) is 2. The van der Waals surface area contributed by atoms with E-state index in [1.165, 1.54) is 6.07 Å². The zero-order chi connectivity index (χ0) is 9.42. The number of anilines is 1. The van der Waals surface area contributed by atoms with Crippen molar-refractivity contribution in [3.8, 4) is 0 Å². The third-order valence-electron chi connectivity index (χ3n) is 1.76. The van der Waals surface area contributed by atoms with Crippen LogP contribution in [-0.4, -0.2) is 6.03 Å². The van der Waals surface area contributed by atoms with Crippen LogP contribution in [0.2, 0.25) is 0 Å². The molecule has 0 saturated heterocycles. The van der Waals surface area contributed by atoms with Gasteiger partial charge in [-0.05, 0) is 36.6 Å².